The fraction of sp³-hybridized carbons (Fsp3) is 0.0769. The summed E-state index contributed by atoms with van der Waals surface area (Å²) in [6.07, 6.45) is 0. The van der Waals surface area contributed by atoms with Crippen molar-refractivity contribution in [3.63, 3.8) is 0 Å². The monoisotopic (exact) mass is 325 g/mol. The van der Waals surface area contributed by atoms with Crippen molar-refractivity contribution in [2.75, 3.05) is 7.11 Å². The number of H-pyrrole nitrogens is 1. The third-order valence-electron chi connectivity index (χ3n) is 2.77. The summed E-state index contributed by atoms with van der Waals surface area (Å²) in [6.45, 7) is 0. The van der Waals surface area contributed by atoms with E-state index in [4.69, 9.17) is 27.9 Å². The largest absolute Gasteiger partial charge is 0.497 e. The first kappa shape index (κ1) is 13.4. The van der Waals surface area contributed by atoms with Gasteiger partial charge in [0.25, 0.3) is 0 Å². The number of hydrogen-bond acceptors (Lipinski definition) is 4. The molecule has 4 nitrogen and oxygen atoms in total. The van der Waals surface area contributed by atoms with Crippen molar-refractivity contribution in [3.8, 4) is 27.6 Å². The number of thiazole rings is 1. The van der Waals surface area contributed by atoms with Crippen molar-refractivity contribution in [2.45, 2.75) is 0 Å². The van der Waals surface area contributed by atoms with Crippen LogP contribution in [0.25, 0.3) is 21.8 Å². The molecule has 0 aliphatic carbocycles. The minimum absolute atomic E-state index is 0.380. The lowest BCUT2D eigenvalue weighted by Crippen LogP contribution is -1.82. The van der Waals surface area contributed by atoms with Gasteiger partial charge in [0, 0.05) is 5.56 Å². The van der Waals surface area contributed by atoms with E-state index in [1.165, 1.54) is 11.3 Å². The topological polar surface area (TPSA) is 50.8 Å². The highest BCUT2D eigenvalue weighted by Gasteiger charge is 2.13. The number of rotatable bonds is 3. The molecule has 0 unspecified atom stereocenters. The number of nitrogens with one attached hydrogen (secondary N) is 1. The Balaban J connectivity index is 1.95. The summed E-state index contributed by atoms with van der Waals surface area (Å²) >= 11 is 13.2. The van der Waals surface area contributed by atoms with Gasteiger partial charge < -0.3 is 4.74 Å². The Hall–Kier alpha value is -1.56. The Labute approximate surface area is 129 Å². The molecule has 0 amide bonds. The maximum Gasteiger partial charge on any atom is 0.185 e. The van der Waals surface area contributed by atoms with Gasteiger partial charge in [0.05, 0.1) is 23.4 Å². The number of halogens is 2. The summed E-state index contributed by atoms with van der Waals surface area (Å²) in [4.78, 5) is 4.76. The van der Waals surface area contributed by atoms with Gasteiger partial charge in [-0.05, 0) is 30.3 Å². The van der Waals surface area contributed by atoms with Crippen LogP contribution in [0, 0.1) is 0 Å². The Morgan fingerprint density at radius 2 is 1.95 bits per heavy atom. The van der Waals surface area contributed by atoms with Gasteiger partial charge in [0.2, 0.25) is 0 Å². The lowest BCUT2D eigenvalue weighted by Gasteiger charge is -1.99. The van der Waals surface area contributed by atoms with E-state index in [0.29, 0.717) is 9.62 Å². The van der Waals surface area contributed by atoms with Crippen LogP contribution in [0.1, 0.15) is 0 Å². The van der Waals surface area contributed by atoms with Gasteiger partial charge in [0.15, 0.2) is 9.62 Å². The maximum absolute atomic E-state index is 6.02. The van der Waals surface area contributed by atoms with Crippen molar-refractivity contribution < 1.29 is 4.74 Å². The van der Waals surface area contributed by atoms with Crippen LogP contribution in [0.5, 0.6) is 5.75 Å². The summed E-state index contributed by atoms with van der Waals surface area (Å²) in [7, 11) is 1.64. The first-order chi connectivity index (χ1) is 9.67. The second-order valence-electron chi connectivity index (χ2n) is 3.98. The van der Waals surface area contributed by atoms with E-state index in [-0.39, 0.29) is 0 Å². The Kier molecular flexibility index (Phi) is 3.65. The molecule has 0 bridgehead atoms. The first-order valence-electron chi connectivity index (χ1n) is 5.69. The third-order valence-corrected chi connectivity index (χ3v) is 4.35. The number of aromatic amines is 1. The summed E-state index contributed by atoms with van der Waals surface area (Å²) in [6, 6.07) is 9.58. The average molecular weight is 326 g/mol. The van der Waals surface area contributed by atoms with E-state index in [9.17, 15) is 0 Å². The van der Waals surface area contributed by atoms with Crippen molar-refractivity contribution in [1.29, 1.82) is 0 Å². The Bertz CT molecular complexity index is 736. The summed E-state index contributed by atoms with van der Waals surface area (Å²) < 4.78 is 5.54. The molecule has 3 aromatic rings. The molecule has 0 spiro atoms. The maximum atomic E-state index is 6.02. The minimum Gasteiger partial charge on any atom is -0.497 e. The van der Waals surface area contributed by atoms with Gasteiger partial charge in [-0.1, -0.05) is 34.5 Å². The van der Waals surface area contributed by atoms with Crippen LogP contribution in [-0.2, 0) is 0 Å². The van der Waals surface area contributed by atoms with Crippen LogP contribution in [0.3, 0.4) is 0 Å². The molecule has 0 aliphatic heterocycles. The molecule has 3 rings (SSSR count). The van der Waals surface area contributed by atoms with E-state index >= 15 is 0 Å². The van der Waals surface area contributed by atoms with Crippen LogP contribution < -0.4 is 4.74 Å². The standard InChI is InChI=1S/C13H9Cl2N3OS/c1-19-8-4-2-7(3-5-8)9-6-10(18-17-9)11-12(14)16-13(15)20-11/h2-6H,1H3,(H,17,18). The highest BCUT2D eigenvalue weighted by Crippen LogP contribution is 2.36. The molecule has 102 valence electrons. The molecular formula is C13H9Cl2N3OS. The number of aromatic nitrogens is 3. The molecule has 2 aromatic heterocycles. The zero-order chi connectivity index (χ0) is 14.1. The zero-order valence-corrected chi connectivity index (χ0v) is 12.7. The first-order valence-corrected chi connectivity index (χ1v) is 7.26. The summed E-state index contributed by atoms with van der Waals surface area (Å²) in [5.41, 5.74) is 2.61. The van der Waals surface area contributed by atoms with Crippen molar-refractivity contribution in [3.05, 3.63) is 40.0 Å². The van der Waals surface area contributed by atoms with Gasteiger partial charge in [0.1, 0.15) is 5.75 Å². The predicted octanol–water partition coefficient (Wildman–Crippen LogP) is 4.52. The molecule has 2 heterocycles. The molecule has 0 radical (unpaired) electrons. The smallest absolute Gasteiger partial charge is 0.185 e. The lowest BCUT2D eigenvalue weighted by atomic mass is 10.1. The number of ether oxygens (including phenoxy) is 1. The normalized spacial score (nSPS) is 10.8. The summed E-state index contributed by atoms with van der Waals surface area (Å²) in [5.74, 6) is 0.807. The quantitative estimate of drug-likeness (QED) is 0.770. The van der Waals surface area contributed by atoms with Crippen molar-refractivity contribution >= 4 is 34.5 Å². The van der Waals surface area contributed by atoms with Gasteiger partial charge in [-0.2, -0.15) is 5.10 Å². The molecular weight excluding hydrogens is 317 g/mol. The van der Waals surface area contributed by atoms with Crippen LogP contribution in [0.4, 0.5) is 0 Å². The lowest BCUT2D eigenvalue weighted by molar-refractivity contribution is 0.415. The van der Waals surface area contributed by atoms with Crippen LogP contribution in [0.2, 0.25) is 9.62 Å². The van der Waals surface area contributed by atoms with Gasteiger partial charge in [-0.25, -0.2) is 4.98 Å². The highest BCUT2D eigenvalue weighted by molar-refractivity contribution is 7.19. The Morgan fingerprint density at radius 1 is 1.20 bits per heavy atom. The third kappa shape index (κ3) is 2.52. The second kappa shape index (κ2) is 5.44. The fourth-order valence-corrected chi connectivity index (χ4v) is 3.15. The van der Waals surface area contributed by atoms with E-state index in [0.717, 1.165) is 27.6 Å². The Morgan fingerprint density at radius 3 is 2.55 bits per heavy atom. The zero-order valence-electron chi connectivity index (χ0n) is 10.4. The van der Waals surface area contributed by atoms with E-state index in [1.54, 1.807) is 7.11 Å². The van der Waals surface area contributed by atoms with Gasteiger partial charge >= 0.3 is 0 Å². The van der Waals surface area contributed by atoms with E-state index in [2.05, 4.69) is 15.2 Å². The van der Waals surface area contributed by atoms with Crippen LogP contribution in [-0.4, -0.2) is 22.3 Å². The number of methoxy groups -OCH3 is 1. The average Bonchev–Trinajstić information content (AvgIpc) is 3.05. The highest BCUT2D eigenvalue weighted by atomic mass is 35.5. The van der Waals surface area contributed by atoms with E-state index < -0.39 is 0 Å². The number of nitrogens with zero attached hydrogens (tertiary/aromatic N) is 2. The van der Waals surface area contributed by atoms with Gasteiger partial charge in [-0.15, -0.1) is 0 Å². The number of benzene rings is 1. The molecule has 0 fully saturated rings. The number of hydrogen-bond donors (Lipinski definition) is 1. The van der Waals surface area contributed by atoms with Crippen LogP contribution >= 0.6 is 34.5 Å². The summed E-state index contributed by atoms with van der Waals surface area (Å²) in [5, 5.41) is 7.61. The molecule has 20 heavy (non-hydrogen) atoms. The minimum atomic E-state index is 0.380. The van der Waals surface area contributed by atoms with Gasteiger partial charge in [-0.3, -0.25) is 5.10 Å². The fourth-order valence-electron chi connectivity index (χ4n) is 1.79. The predicted molar refractivity (Wildman–Crippen MR) is 81.7 cm³/mol. The molecule has 7 heteroatoms. The molecule has 0 saturated heterocycles. The molecule has 0 atom stereocenters. The van der Waals surface area contributed by atoms with E-state index in [1.807, 2.05) is 30.3 Å². The molecule has 1 aromatic carbocycles. The molecule has 1 N–H and O–H groups in total. The molecule has 0 aliphatic rings. The van der Waals surface area contributed by atoms with Crippen LogP contribution in [0.15, 0.2) is 30.3 Å². The second-order valence-corrected chi connectivity index (χ2v) is 5.92. The molecule has 0 saturated carbocycles. The SMILES string of the molecule is COc1ccc(-c2cc(-c3sc(Cl)nc3Cl)[nH]n2)cc1. The van der Waals surface area contributed by atoms with Crippen molar-refractivity contribution in [2.24, 2.45) is 0 Å². The van der Waals surface area contributed by atoms with Crippen molar-refractivity contribution in [1.82, 2.24) is 15.2 Å².